The minimum absolute atomic E-state index is 0. The van der Waals surface area contributed by atoms with Gasteiger partial charge >= 0.3 is 12.1 Å². The van der Waals surface area contributed by atoms with E-state index in [1.54, 1.807) is 20.8 Å². The van der Waals surface area contributed by atoms with Gasteiger partial charge in [-0.25, -0.2) is 14.6 Å². The molecule has 0 aliphatic carbocycles. The van der Waals surface area contributed by atoms with Gasteiger partial charge in [-0.2, -0.15) is 0 Å². The molecule has 0 unspecified atom stereocenters. The molecule has 0 saturated carbocycles. The molecular formula is C11H16N2O4. The lowest BCUT2D eigenvalue weighted by Crippen LogP contribution is -2.27. The Morgan fingerprint density at radius 3 is 2.65 bits per heavy atom. The fourth-order valence-corrected chi connectivity index (χ4v) is 1.04. The van der Waals surface area contributed by atoms with Crippen LogP contribution in [0, 0.1) is 0 Å². The number of hydrogen-bond acceptors (Lipinski definition) is 4. The van der Waals surface area contributed by atoms with Crippen LogP contribution in [0.2, 0.25) is 0 Å². The molecule has 0 aliphatic heterocycles. The number of amides is 1. The Balaban J connectivity index is 0.00000289. The van der Waals surface area contributed by atoms with E-state index in [-0.39, 0.29) is 12.8 Å². The molecule has 6 nitrogen and oxygen atoms in total. The summed E-state index contributed by atoms with van der Waals surface area (Å²) in [6, 6.07) is 2.59. The molecule has 1 heterocycles. The van der Waals surface area contributed by atoms with Crippen molar-refractivity contribution in [2.75, 3.05) is 5.32 Å². The standard InChI is InChI=1S/C11H14N2O4.H2/c1-11(2,3)17-10(16)13-8-6-7(9(14)15)4-5-12-8;/h4-6H,1-3H3,(H,14,15)(H,12,13,16);1H. The first-order valence-electron chi connectivity index (χ1n) is 4.97. The Morgan fingerprint density at radius 1 is 1.47 bits per heavy atom. The lowest BCUT2D eigenvalue weighted by Gasteiger charge is -2.19. The van der Waals surface area contributed by atoms with Gasteiger partial charge in [-0.05, 0) is 32.9 Å². The zero-order valence-corrected chi connectivity index (χ0v) is 9.85. The highest BCUT2D eigenvalue weighted by Gasteiger charge is 2.16. The summed E-state index contributed by atoms with van der Waals surface area (Å²) in [5, 5.41) is 11.1. The molecule has 0 spiro atoms. The minimum Gasteiger partial charge on any atom is -0.478 e. The normalized spacial score (nSPS) is 10.8. The van der Waals surface area contributed by atoms with Gasteiger partial charge < -0.3 is 9.84 Å². The first-order valence-corrected chi connectivity index (χ1v) is 4.97. The zero-order valence-electron chi connectivity index (χ0n) is 9.85. The number of nitrogens with zero attached hydrogens (tertiary/aromatic N) is 1. The number of carboxylic acid groups (broad SMARTS) is 1. The largest absolute Gasteiger partial charge is 0.478 e. The summed E-state index contributed by atoms with van der Waals surface area (Å²) in [6.07, 6.45) is 0.628. The Labute approximate surface area is 100 Å². The molecule has 0 bridgehead atoms. The summed E-state index contributed by atoms with van der Waals surface area (Å²) < 4.78 is 5.00. The molecule has 1 amide bonds. The van der Waals surface area contributed by atoms with Gasteiger partial charge in [-0.15, -0.1) is 0 Å². The summed E-state index contributed by atoms with van der Waals surface area (Å²) in [4.78, 5) is 25.9. The summed E-state index contributed by atoms with van der Waals surface area (Å²) in [5.41, 5.74) is -0.569. The highest BCUT2D eigenvalue weighted by atomic mass is 16.6. The van der Waals surface area contributed by atoms with Crippen molar-refractivity contribution in [1.82, 2.24) is 4.98 Å². The first-order chi connectivity index (χ1) is 7.78. The molecule has 6 heteroatoms. The quantitative estimate of drug-likeness (QED) is 0.828. The number of rotatable bonds is 2. The van der Waals surface area contributed by atoms with E-state index in [4.69, 9.17) is 9.84 Å². The van der Waals surface area contributed by atoms with Gasteiger partial charge in [-0.1, -0.05) is 0 Å². The van der Waals surface area contributed by atoms with Crippen LogP contribution in [0.15, 0.2) is 18.3 Å². The number of nitrogens with one attached hydrogen (secondary N) is 1. The number of aromatic nitrogens is 1. The summed E-state index contributed by atoms with van der Waals surface area (Å²) >= 11 is 0. The van der Waals surface area contributed by atoms with E-state index in [0.29, 0.717) is 0 Å². The van der Waals surface area contributed by atoms with Gasteiger partial charge in [0.05, 0.1) is 5.56 Å². The topological polar surface area (TPSA) is 88.5 Å². The smallest absolute Gasteiger partial charge is 0.413 e. The maximum Gasteiger partial charge on any atom is 0.413 e. The van der Waals surface area contributed by atoms with Crippen LogP contribution >= 0.6 is 0 Å². The fourth-order valence-electron chi connectivity index (χ4n) is 1.04. The minimum atomic E-state index is -1.08. The van der Waals surface area contributed by atoms with Crippen LogP contribution in [0.4, 0.5) is 10.6 Å². The molecule has 0 aliphatic rings. The van der Waals surface area contributed by atoms with Crippen molar-refractivity contribution in [1.29, 1.82) is 0 Å². The Bertz CT molecular complexity index is 443. The van der Waals surface area contributed by atoms with Gasteiger partial charge in [0.25, 0.3) is 0 Å². The van der Waals surface area contributed by atoms with E-state index in [1.165, 1.54) is 18.3 Å². The average Bonchev–Trinajstić information content (AvgIpc) is 2.14. The van der Waals surface area contributed by atoms with Crippen LogP contribution in [0.5, 0.6) is 0 Å². The number of carbonyl (C=O) groups excluding carboxylic acids is 1. The number of hydrogen-bond donors (Lipinski definition) is 2. The predicted octanol–water partition coefficient (Wildman–Crippen LogP) is 2.37. The maximum absolute atomic E-state index is 11.4. The summed E-state index contributed by atoms with van der Waals surface area (Å²) in [7, 11) is 0. The molecule has 1 aromatic heterocycles. The van der Waals surface area contributed by atoms with Crippen molar-refractivity contribution in [3.05, 3.63) is 23.9 Å². The van der Waals surface area contributed by atoms with Crippen LogP contribution in [0.25, 0.3) is 0 Å². The fraction of sp³-hybridized carbons (Fsp3) is 0.364. The van der Waals surface area contributed by atoms with E-state index in [9.17, 15) is 9.59 Å². The molecule has 0 aromatic carbocycles. The van der Waals surface area contributed by atoms with Crippen molar-refractivity contribution >= 4 is 17.9 Å². The van der Waals surface area contributed by atoms with Crippen molar-refractivity contribution in [3.8, 4) is 0 Å². The molecule has 0 saturated heterocycles. The van der Waals surface area contributed by atoms with Crippen LogP contribution in [-0.4, -0.2) is 27.8 Å². The first kappa shape index (κ1) is 13.0. The monoisotopic (exact) mass is 240 g/mol. The van der Waals surface area contributed by atoms with Crippen LogP contribution in [0.1, 0.15) is 32.6 Å². The number of ether oxygens (including phenoxy) is 1. The second-order valence-electron chi connectivity index (χ2n) is 4.36. The predicted molar refractivity (Wildman–Crippen MR) is 63.2 cm³/mol. The maximum atomic E-state index is 11.4. The van der Waals surface area contributed by atoms with Gasteiger partial charge in [0.15, 0.2) is 0 Å². The third-order valence-corrected chi connectivity index (χ3v) is 1.64. The number of carboxylic acids is 1. The Hall–Kier alpha value is -2.11. The average molecular weight is 240 g/mol. The molecular weight excluding hydrogens is 224 g/mol. The van der Waals surface area contributed by atoms with E-state index < -0.39 is 17.7 Å². The van der Waals surface area contributed by atoms with E-state index in [2.05, 4.69) is 10.3 Å². The number of pyridine rings is 1. The van der Waals surface area contributed by atoms with Gasteiger partial charge in [0.2, 0.25) is 0 Å². The van der Waals surface area contributed by atoms with Gasteiger partial charge in [0.1, 0.15) is 11.4 Å². The Kier molecular flexibility index (Phi) is 3.67. The van der Waals surface area contributed by atoms with E-state index in [1.807, 2.05) is 0 Å². The summed E-state index contributed by atoms with van der Waals surface area (Å²) in [5.74, 6) is -0.946. The molecule has 2 N–H and O–H groups in total. The molecule has 0 atom stereocenters. The van der Waals surface area contributed by atoms with Crippen molar-refractivity contribution < 1.29 is 20.9 Å². The number of aromatic carboxylic acids is 1. The molecule has 1 aromatic rings. The number of carbonyl (C=O) groups is 2. The molecule has 94 valence electrons. The van der Waals surface area contributed by atoms with Crippen molar-refractivity contribution in [3.63, 3.8) is 0 Å². The molecule has 17 heavy (non-hydrogen) atoms. The SMILES string of the molecule is CC(C)(C)OC(=O)Nc1cc(C(=O)O)ccn1.[HH]. The molecule has 1 rings (SSSR count). The lowest BCUT2D eigenvalue weighted by molar-refractivity contribution is 0.0632. The Morgan fingerprint density at radius 2 is 2.12 bits per heavy atom. The molecule has 0 fully saturated rings. The highest BCUT2D eigenvalue weighted by Crippen LogP contribution is 2.11. The lowest BCUT2D eigenvalue weighted by atomic mass is 10.2. The zero-order chi connectivity index (χ0) is 13.1. The molecule has 0 radical (unpaired) electrons. The number of anilines is 1. The van der Waals surface area contributed by atoms with E-state index >= 15 is 0 Å². The van der Waals surface area contributed by atoms with Crippen LogP contribution in [0.3, 0.4) is 0 Å². The summed E-state index contributed by atoms with van der Waals surface area (Å²) in [6.45, 7) is 5.19. The van der Waals surface area contributed by atoms with Crippen LogP contribution < -0.4 is 5.32 Å². The van der Waals surface area contributed by atoms with Gasteiger partial charge in [-0.3, -0.25) is 5.32 Å². The van der Waals surface area contributed by atoms with Crippen molar-refractivity contribution in [2.45, 2.75) is 26.4 Å². The second-order valence-corrected chi connectivity index (χ2v) is 4.36. The third kappa shape index (κ3) is 4.50. The second kappa shape index (κ2) is 4.82. The van der Waals surface area contributed by atoms with E-state index in [0.717, 1.165) is 0 Å². The highest BCUT2D eigenvalue weighted by molar-refractivity contribution is 5.90. The van der Waals surface area contributed by atoms with Crippen molar-refractivity contribution in [2.24, 2.45) is 0 Å². The van der Waals surface area contributed by atoms with Crippen LogP contribution in [-0.2, 0) is 4.74 Å². The van der Waals surface area contributed by atoms with Gasteiger partial charge in [0, 0.05) is 7.62 Å². The third-order valence-electron chi connectivity index (χ3n) is 1.64.